The molecular formula is C24H29N3. The van der Waals surface area contributed by atoms with E-state index in [9.17, 15) is 0 Å². The number of nitrogens with zero attached hydrogens (tertiary/aromatic N) is 3. The fourth-order valence-electron chi connectivity index (χ4n) is 3.23. The maximum absolute atomic E-state index is 4.49. The second kappa shape index (κ2) is 10.5. The van der Waals surface area contributed by atoms with Crippen LogP contribution in [0.3, 0.4) is 0 Å². The van der Waals surface area contributed by atoms with Gasteiger partial charge in [0.15, 0.2) is 0 Å². The number of aromatic nitrogens is 3. The van der Waals surface area contributed by atoms with Crippen LogP contribution in [0.25, 0.3) is 23.4 Å². The summed E-state index contributed by atoms with van der Waals surface area (Å²) in [6.45, 7) is 3.17. The Labute approximate surface area is 162 Å². The second-order valence-electron chi connectivity index (χ2n) is 6.92. The molecule has 0 fully saturated rings. The van der Waals surface area contributed by atoms with Gasteiger partial charge in [-0.3, -0.25) is 0 Å². The Balaban J connectivity index is 1.76. The third kappa shape index (κ3) is 5.65. The van der Waals surface area contributed by atoms with Gasteiger partial charge in [-0.05, 0) is 18.1 Å². The molecule has 3 aromatic rings. The first kappa shape index (κ1) is 19.1. The van der Waals surface area contributed by atoms with E-state index in [1.54, 1.807) is 0 Å². The number of hydrogen-bond donors (Lipinski definition) is 0. The van der Waals surface area contributed by atoms with Crippen LogP contribution in [0.4, 0.5) is 0 Å². The lowest BCUT2D eigenvalue weighted by Gasteiger charge is -2.05. The van der Waals surface area contributed by atoms with Crippen molar-refractivity contribution in [2.24, 2.45) is 0 Å². The van der Waals surface area contributed by atoms with E-state index in [0.717, 1.165) is 29.9 Å². The minimum Gasteiger partial charge on any atom is -0.245 e. The van der Waals surface area contributed by atoms with Gasteiger partial charge < -0.3 is 0 Å². The number of benzene rings is 2. The monoisotopic (exact) mass is 359 g/mol. The average molecular weight is 360 g/mol. The summed E-state index contributed by atoms with van der Waals surface area (Å²) in [4.78, 5) is 0. The molecule has 3 heteroatoms. The van der Waals surface area contributed by atoms with E-state index < -0.39 is 0 Å². The van der Waals surface area contributed by atoms with Gasteiger partial charge in [0.05, 0.1) is 5.69 Å². The molecule has 1 aromatic heterocycles. The van der Waals surface area contributed by atoms with Crippen LogP contribution in [0, 0.1) is 0 Å². The molecule has 0 aliphatic carbocycles. The molecular weight excluding hydrogens is 330 g/mol. The molecule has 0 saturated heterocycles. The Morgan fingerprint density at radius 3 is 2.19 bits per heavy atom. The lowest BCUT2D eigenvalue weighted by atomic mass is 10.1. The van der Waals surface area contributed by atoms with Crippen molar-refractivity contribution in [1.29, 1.82) is 0 Å². The van der Waals surface area contributed by atoms with Crippen molar-refractivity contribution >= 4 is 12.2 Å². The smallest absolute Gasteiger partial charge is 0.120 e. The van der Waals surface area contributed by atoms with Gasteiger partial charge in [-0.25, -0.2) is 4.68 Å². The number of aryl methyl sites for hydroxylation is 1. The Bertz CT molecular complexity index is 819. The zero-order valence-electron chi connectivity index (χ0n) is 16.2. The predicted octanol–water partition coefficient (Wildman–Crippen LogP) is 6.48. The number of hydrogen-bond acceptors (Lipinski definition) is 2. The fraction of sp³-hybridized carbons (Fsp3) is 0.333. The number of rotatable bonds is 10. The van der Waals surface area contributed by atoms with Gasteiger partial charge in [0.1, 0.15) is 5.69 Å². The molecule has 0 radical (unpaired) electrons. The Morgan fingerprint density at radius 1 is 0.778 bits per heavy atom. The van der Waals surface area contributed by atoms with Gasteiger partial charge in [0.25, 0.3) is 0 Å². The van der Waals surface area contributed by atoms with E-state index in [2.05, 4.69) is 70.5 Å². The minimum absolute atomic E-state index is 0.917. The van der Waals surface area contributed by atoms with Crippen molar-refractivity contribution in [3.63, 3.8) is 0 Å². The molecule has 2 aromatic carbocycles. The van der Waals surface area contributed by atoms with Crippen molar-refractivity contribution in [3.8, 4) is 11.3 Å². The van der Waals surface area contributed by atoms with Crippen molar-refractivity contribution in [1.82, 2.24) is 15.0 Å². The van der Waals surface area contributed by atoms with Crippen LogP contribution in [-0.4, -0.2) is 15.0 Å². The lowest BCUT2D eigenvalue weighted by molar-refractivity contribution is 0.514. The summed E-state index contributed by atoms with van der Waals surface area (Å²) < 4.78 is 2.06. The average Bonchev–Trinajstić information content (AvgIpc) is 3.13. The minimum atomic E-state index is 0.917. The van der Waals surface area contributed by atoms with Gasteiger partial charge in [-0.2, -0.15) is 0 Å². The summed E-state index contributed by atoms with van der Waals surface area (Å²) in [5.74, 6) is 0. The molecule has 0 aliphatic rings. The largest absolute Gasteiger partial charge is 0.245 e. The summed E-state index contributed by atoms with van der Waals surface area (Å²) in [5.41, 5.74) is 4.33. The molecule has 0 saturated carbocycles. The molecule has 140 valence electrons. The topological polar surface area (TPSA) is 30.7 Å². The fourth-order valence-corrected chi connectivity index (χ4v) is 3.23. The van der Waals surface area contributed by atoms with E-state index in [1.165, 1.54) is 37.7 Å². The highest BCUT2D eigenvalue weighted by Crippen LogP contribution is 2.23. The van der Waals surface area contributed by atoms with Gasteiger partial charge in [-0.15, -0.1) is 5.10 Å². The van der Waals surface area contributed by atoms with Gasteiger partial charge in [0.2, 0.25) is 0 Å². The van der Waals surface area contributed by atoms with Gasteiger partial charge >= 0.3 is 0 Å². The molecule has 0 N–H and O–H groups in total. The maximum Gasteiger partial charge on any atom is 0.120 e. The van der Waals surface area contributed by atoms with Crippen molar-refractivity contribution in [3.05, 3.63) is 71.9 Å². The van der Waals surface area contributed by atoms with E-state index >= 15 is 0 Å². The van der Waals surface area contributed by atoms with Gasteiger partial charge in [-0.1, -0.05) is 111 Å². The van der Waals surface area contributed by atoms with Crippen molar-refractivity contribution in [2.75, 3.05) is 0 Å². The maximum atomic E-state index is 4.49. The lowest BCUT2D eigenvalue weighted by Crippen LogP contribution is -2.03. The first-order chi connectivity index (χ1) is 13.4. The van der Waals surface area contributed by atoms with Crippen molar-refractivity contribution < 1.29 is 0 Å². The molecule has 0 atom stereocenters. The normalized spacial score (nSPS) is 11.3. The Kier molecular flexibility index (Phi) is 7.40. The summed E-state index contributed by atoms with van der Waals surface area (Å²) in [6, 6.07) is 20.7. The third-order valence-corrected chi connectivity index (χ3v) is 4.78. The van der Waals surface area contributed by atoms with Crippen LogP contribution in [-0.2, 0) is 6.54 Å². The van der Waals surface area contributed by atoms with Crippen molar-refractivity contribution in [2.45, 2.75) is 52.0 Å². The van der Waals surface area contributed by atoms with Crippen LogP contribution in [0.5, 0.6) is 0 Å². The molecule has 0 amide bonds. The van der Waals surface area contributed by atoms with E-state index in [-0.39, 0.29) is 0 Å². The Morgan fingerprint density at radius 2 is 1.44 bits per heavy atom. The molecule has 0 unspecified atom stereocenters. The van der Waals surface area contributed by atoms with Crippen LogP contribution < -0.4 is 0 Å². The van der Waals surface area contributed by atoms with Crippen LogP contribution in [0.1, 0.15) is 56.7 Å². The first-order valence-electron chi connectivity index (χ1n) is 10.1. The summed E-state index contributed by atoms with van der Waals surface area (Å²) in [7, 11) is 0. The molecule has 1 heterocycles. The highest BCUT2D eigenvalue weighted by Gasteiger charge is 2.12. The summed E-state index contributed by atoms with van der Waals surface area (Å²) in [5, 5.41) is 8.94. The molecule has 3 rings (SSSR count). The van der Waals surface area contributed by atoms with Crippen LogP contribution >= 0.6 is 0 Å². The quantitative estimate of drug-likeness (QED) is 0.388. The molecule has 0 aliphatic heterocycles. The van der Waals surface area contributed by atoms with Crippen LogP contribution in [0.2, 0.25) is 0 Å². The summed E-state index contributed by atoms with van der Waals surface area (Å²) >= 11 is 0. The second-order valence-corrected chi connectivity index (χ2v) is 6.92. The van der Waals surface area contributed by atoms with E-state index in [4.69, 9.17) is 0 Å². The SMILES string of the molecule is CCCCCCCCn1nnc(-c2ccccc2)c1/C=C/c1ccccc1. The van der Waals surface area contributed by atoms with Gasteiger partial charge in [0, 0.05) is 12.1 Å². The highest BCUT2D eigenvalue weighted by molar-refractivity contribution is 5.76. The standard InChI is InChI=1S/C24H29N3/c1-2-3-4-5-6-13-20-27-23(19-18-21-14-9-7-10-15-21)24(25-26-27)22-16-11-8-12-17-22/h7-12,14-19H,2-6,13,20H2,1H3/b19-18+. The predicted molar refractivity (Wildman–Crippen MR) is 114 cm³/mol. The summed E-state index contributed by atoms with van der Waals surface area (Å²) in [6.07, 6.45) is 12.0. The Hall–Kier alpha value is -2.68. The number of unbranched alkanes of at least 4 members (excludes halogenated alkanes) is 5. The third-order valence-electron chi connectivity index (χ3n) is 4.78. The molecule has 3 nitrogen and oxygen atoms in total. The van der Waals surface area contributed by atoms with E-state index in [1.807, 2.05) is 24.3 Å². The molecule has 0 bridgehead atoms. The zero-order chi connectivity index (χ0) is 18.7. The van der Waals surface area contributed by atoms with E-state index in [0.29, 0.717) is 0 Å². The first-order valence-corrected chi connectivity index (χ1v) is 10.1. The van der Waals surface area contributed by atoms with Crippen LogP contribution in [0.15, 0.2) is 60.7 Å². The molecule has 0 spiro atoms. The zero-order valence-corrected chi connectivity index (χ0v) is 16.2. The highest BCUT2D eigenvalue weighted by atomic mass is 15.4. The molecule has 27 heavy (non-hydrogen) atoms.